The fraction of sp³-hybridized carbons (Fsp3) is 0.0952. The van der Waals surface area contributed by atoms with Crippen molar-refractivity contribution in [2.75, 3.05) is 12.0 Å². The Hall–Kier alpha value is -3.63. The van der Waals surface area contributed by atoms with Crippen LogP contribution >= 0.6 is 11.3 Å². The fourth-order valence-corrected chi connectivity index (χ4v) is 3.80. The van der Waals surface area contributed by atoms with Crippen molar-refractivity contribution in [3.63, 3.8) is 0 Å². The average molecular weight is 389 g/mol. The third-order valence-electron chi connectivity index (χ3n) is 4.22. The topological polar surface area (TPSA) is 79.4 Å². The van der Waals surface area contributed by atoms with Crippen molar-refractivity contribution in [1.82, 2.24) is 4.98 Å². The van der Waals surface area contributed by atoms with Crippen molar-refractivity contribution in [1.29, 1.82) is 5.26 Å². The van der Waals surface area contributed by atoms with Gasteiger partial charge in [0.2, 0.25) is 0 Å². The van der Waals surface area contributed by atoms with Crippen LogP contribution in [0.1, 0.15) is 21.7 Å². The first-order valence-electron chi connectivity index (χ1n) is 8.47. The van der Waals surface area contributed by atoms with Crippen LogP contribution in [0.15, 0.2) is 65.3 Å². The Kier molecular flexibility index (Phi) is 4.79. The van der Waals surface area contributed by atoms with Crippen LogP contribution in [0.2, 0.25) is 0 Å². The zero-order chi connectivity index (χ0) is 19.5. The quantitative estimate of drug-likeness (QED) is 0.498. The Morgan fingerprint density at radius 1 is 1.21 bits per heavy atom. The molecule has 0 saturated carbocycles. The predicted molar refractivity (Wildman–Crippen MR) is 107 cm³/mol. The Bertz CT molecular complexity index is 1160. The summed E-state index contributed by atoms with van der Waals surface area (Å²) in [6, 6.07) is 17.9. The van der Waals surface area contributed by atoms with Gasteiger partial charge in [0, 0.05) is 5.56 Å². The van der Waals surface area contributed by atoms with Crippen molar-refractivity contribution in [2.24, 2.45) is 0 Å². The summed E-state index contributed by atoms with van der Waals surface area (Å²) in [5.41, 5.74) is 1.68. The van der Waals surface area contributed by atoms with E-state index in [4.69, 9.17) is 14.4 Å². The first-order chi connectivity index (χ1) is 13.7. The number of benzene rings is 2. The van der Waals surface area contributed by atoms with Gasteiger partial charge in [-0.05, 0) is 48.5 Å². The van der Waals surface area contributed by atoms with Gasteiger partial charge in [0.15, 0.2) is 5.13 Å². The molecule has 7 heteroatoms. The van der Waals surface area contributed by atoms with E-state index in [9.17, 15) is 4.79 Å². The van der Waals surface area contributed by atoms with Gasteiger partial charge in [-0.1, -0.05) is 17.4 Å². The number of thiazole rings is 1. The number of carbonyl (C=O) groups is 1. The van der Waals surface area contributed by atoms with Crippen LogP contribution in [0.25, 0.3) is 10.2 Å². The average Bonchev–Trinajstić information content (AvgIpc) is 3.40. The summed E-state index contributed by atoms with van der Waals surface area (Å²) in [4.78, 5) is 19.5. The molecule has 2 heterocycles. The Morgan fingerprint density at radius 3 is 2.71 bits per heavy atom. The molecule has 0 spiro atoms. The van der Waals surface area contributed by atoms with Crippen LogP contribution < -0.4 is 9.64 Å². The molecule has 0 N–H and O–H groups in total. The van der Waals surface area contributed by atoms with Gasteiger partial charge in [0.05, 0.1) is 36.3 Å². The summed E-state index contributed by atoms with van der Waals surface area (Å²) in [5.74, 6) is 1.08. The van der Waals surface area contributed by atoms with Crippen LogP contribution in [0.3, 0.4) is 0 Å². The third kappa shape index (κ3) is 3.33. The van der Waals surface area contributed by atoms with E-state index in [-0.39, 0.29) is 12.5 Å². The highest BCUT2D eigenvalue weighted by Gasteiger charge is 2.23. The number of rotatable bonds is 5. The molecule has 2 aromatic carbocycles. The Labute approximate surface area is 165 Å². The summed E-state index contributed by atoms with van der Waals surface area (Å²) in [6.45, 7) is 0.244. The number of aromatic nitrogens is 1. The molecule has 0 fully saturated rings. The number of nitriles is 1. The normalized spacial score (nSPS) is 10.6. The number of hydrogen-bond donors (Lipinski definition) is 0. The second-order valence-electron chi connectivity index (χ2n) is 5.96. The van der Waals surface area contributed by atoms with E-state index in [1.807, 2.05) is 24.3 Å². The molecule has 4 rings (SSSR count). The highest BCUT2D eigenvalue weighted by molar-refractivity contribution is 7.22. The van der Waals surface area contributed by atoms with Gasteiger partial charge in [-0.2, -0.15) is 5.26 Å². The van der Waals surface area contributed by atoms with Gasteiger partial charge in [-0.3, -0.25) is 9.69 Å². The number of anilines is 1. The van der Waals surface area contributed by atoms with Gasteiger partial charge < -0.3 is 9.15 Å². The number of amides is 1. The second-order valence-corrected chi connectivity index (χ2v) is 6.97. The molecule has 0 unspecified atom stereocenters. The van der Waals surface area contributed by atoms with Gasteiger partial charge in [-0.25, -0.2) is 4.98 Å². The first kappa shape index (κ1) is 17.8. The minimum absolute atomic E-state index is 0.223. The van der Waals surface area contributed by atoms with Crippen LogP contribution in [-0.2, 0) is 6.54 Å². The van der Waals surface area contributed by atoms with Crippen LogP contribution in [-0.4, -0.2) is 18.0 Å². The number of ether oxygens (including phenoxy) is 1. The minimum atomic E-state index is -0.223. The number of hydrogen-bond acceptors (Lipinski definition) is 6. The summed E-state index contributed by atoms with van der Waals surface area (Å²) < 4.78 is 11.8. The number of methoxy groups -OCH3 is 1. The smallest absolute Gasteiger partial charge is 0.260 e. The molecule has 28 heavy (non-hydrogen) atoms. The molecule has 4 aromatic rings. The molecule has 138 valence electrons. The van der Waals surface area contributed by atoms with Crippen LogP contribution in [0.4, 0.5) is 5.13 Å². The van der Waals surface area contributed by atoms with Crippen molar-refractivity contribution in [2.45, 2.75) is 6.54 Å². The maximum atomic E-state index is 13.2. The zero-order valence-electron chi connectivity index (χ0n) is 15.0. The molecule has 0 aliphatic rings. The van der Waals surface area contributed by atoms with E-state index < -0.39 is 0 Å². The molecule has 6 nitrogen and oxygen atoms in total. The van der Waals surface area contributed by atoms with E-state index >= 15 is 0 Å². The van der Waals surface area contributed by atoms with Crippen LogP contribution in [0.5, 0.6) is 5.75 Å². The molecular weight excluding hydrogens is 374 g/mol. The summed E-state index contributed by atoms with van der Waals surface area (Å²) in [5, 5.41) is 9.52. The maximum absolute atomic E-state index is 13.2. The molecule has 0 aliphatic carbocycles. The van der Waals surface area contributed by atoms with Gasteiger partial charge >= 0.3 is 0 Å². The lowest BCUT2D eigenvalue weighted by Gasteiger charge is -2.18. The highest BCUT2D eigenvalue weighted by Crippen LogP contribution is 2.35. The van der Waals surface area contributed by atoms with Crippen molar-refractivity contribution in [3.8, 4) is 11.8 Å². The monoisotopic (exact) mass is 389 g/mol. The van der Waals surface area contributed by atoms with E-state index in [2.05, 4.69) is 11.1 Å². The predicted octanol–water partition coefficient (Wildman–Crippen LogP) is 4.62. The largest absolute Gasteiger partial charge is 0.494 e. The van der Waals surface area contributed by atoms with E-state index in [1.165, 1.54) is 11.3 Å². The summed E-state index contributed by atoms with van der Waals surface area (Å²) >= 11 is 1.41. The molecule has 1 amide bonds. The summed E-state index contributed by atoms with van der Waals surface area (Å²) in [7, 11) is 1.59. The number of para-hydroxylation sites is 1. The maximum Gasteiger partial charge on any atom is 0.260 e. The van der Waals surface area contributed by atoms with Gasteiger partial charge in [0.25, 0.3) is 5.91 Å². The Morgan fingerprint density at radius 2 is 2.04 bits per heavy atom. The van der Waals surface area contributed by atoms with Crippen molar-refractivity contribution >= 4 is 32.6 Å². The molecule has 0 bridgehead atoms. The van der Waals surface area contributed by atoms with Crippen molar-refractivity contribution in [3.05, 3.63) is 77.7 Å². The number of nitrogens with zero attached hydrogens (tertiary/aromatic N) is 3. The minimum Gasteiger partial charge on any atom is -0.494 e. The lowest BCUT2D eigenvalue weighted by molar-refractivity contribution is 0.0983. The highest BCUT2D eigenvalue weighted by atomic mass is 32.1. The number of furan rings is 1. The molecule has 0 atom stereocenters. The Balaban J connectivity index is 1.77. The SMILES string of the molecule is COc1cccc2sc(N(Cc3ccco3)C(=O)c3ccc(C#N)cc3)nc12. The van der Waals surface area contributed by atoms with E-state index in [0.29, 0.717) is 33.3 Å². The van der Waals surface area contributed by atoms with E-state index in [0.717, 1.165) is 4.70 Å². The molecule has 0 aliphatic heterocycles. The van der Waals surface area contributed by atoms with Gasteiger partial charge in [-0.15, -0.1) is 0 Å². The number of fused-ring (bicyclic) bond motifs is 1. The number of carbonyl (C=O) groups excluding carboxylic acids is 1. The first-order valence-corrected chi connectivity index (χ1v) is 9.29. The van der Waals surface area contributed by atoms with E-state index in [1.54, 1.807) is 48.6 Å². The fourth-order valence-electron chi connectivity index (χ4n) is 2.82. The van der Waals surface area contributed by atoms with Crippen molar-refractivity contribution < 1.29 is 13.9 Å². The lowest BCUT2D eigenvalue weighted by Crippen LogP contribution is -2.30. The summed E-state index contributed by atoms with van der Waals surface area (Å²) in [6.07, 6.45) is 1.57. The molecule has 2 aromatic heterocycles. The van der Waals surface area contributed by atoms with Gasteiger partial charge in [0.1, 0.15) is 17.0 Å². The molecular formula is C21H15N3O3S. The molecule has 0 saturated heterocycles. The lowest BCUT2D eigenvalue weighted by atomic mass is 10.1. The zero-order valence-corrected chi connectivity index (χ0v) is 15.8. The second kappa shape index (κ2) is 7.55. The third-order valence-corrected chi connectivity index (χ3v) is 5.27. The molecule has 0 radical (unpaired) electrons. The standard InChI is InChI=1S/C21H15N3O3S/c1-26-17-5-2-6-18-19(17)23-21(28-18)24(13-16-4-3-11-27-16)20(25)15-9-7-14(12-22)8-10-15/h2-11H,13H2,1H3. The van der Waals surface area contributed by atoms with Crippen LogP contribution in [0, 0.1) is 11.3 Å².